The van der Waals surface area contributed by atoms with E-state index in [9.17, 15) is 9.59 Å². The molecule has 3 N–H and O–H groups in total. The highest BCUT2D eigenvalue weighted by Gasteiger charge is 2.08. The summed E-state index contributed by atoms with van der Waals surface area (Å²) in [7, 11) is 1.42. The molecule has 15 heavy (non-hydrogen) atoms. The Hall–Kier alpha value is -2.31. The minimum Gasteiger partial charge on any atom is -0.481 e. The largest absolute Gasteiger partial charge is 0.481 e. The van der Waals surface area contributed by atoms with Crippen molar-refractivity contribution in [1.29, 1.82) is 0 Å². The van der Waals surface area contributed by atoms with Crippen LogP contribution in [0.3, 0.4) is 0 Å². The van der Waals surface area contributed by atoms with Crippen molar-refractivity contribution in [2.75, 3.05) is 7.11 Å². The summed E-state index contributed by atoms with van der Waals surface area (Å²) in [5.74, 6) is -0.380. The van der Waals surface area contributed by atoms with Crippen LogP contribution in [-0.2, 0) is 0 Å². The van der Waals surface area contributed by atoms with E-state index in [-0.39, 0.29) is 11.6 Å². The first-order chi connectivity index (χ1) is 7.13. The molecule has 0 saturated heterocycles. The Kier molecular flexibility index (Phi) is 3.44. The lowest BCUT2D eigenvalue weighted by molar-refractivity contribution is 0.0920. The normalized spacial score (nSPS) is 9.13. The van der Waals surface area contributed by atoms with Crippen LogP contribution < -0.4 is 15.6 Å². The lowest BCUT2D eigenvalue weighted by Gasteiger charge is -2.04. The molecule has 80 valence electrons. The Morgan fingerprint density at radius 2 is 2.13 bits per heavy atom. The quantitative estimate of drug-likeness (QED) is 0.598. The number of pyridine rings is 1. The molecule has 0 radical (unpaired) electrons. The average Bonchev–Trinajstić information content (AvgIpc) is 2.26. The molecule has 0 fully saturated rings. The zero-order chi connectivity index (χ0) is 11.3. The minimum atomic E-state index is -1.36. The van der Waals surface area contributed by atoms with Gasteiger partial charge in [-0.2, -0.15) is 0 Å². The van der Waals surface area contributed by atoms with E-state index in [1.54, 1.807) is 17.6 Å². The van der Waals surface area contributed by atoms with E-state index in [0.29, 0.717) is 0 Å². The van der Waals surface area contributed by atoms with Gasteiger partial charge in [0.2, 0.25) is 5.88 Å². The van der Waals surface area contributed by atoms with E-state index in [4.69, 9.17) is 9.84 Å². The maximum absolute atomic E-state index is 11.3. The molecule has 0 aliphatic rings. The maximum atomic E-state index is 11.3. The first-order valence-electron chi connectivity index (χ1n) is 3.94. The number of ether oxygens (including phenoxy) is 1. The van der Waals surface area contributed by atoms with Gasteiger partial charge >= 0.3 is 6.09 Å². The summed E-state index contributed by atoms with van der Waals surface area (Å²) in [6, 6.07) is 4.57. The molecule has 1 aromatic heterocycles. The van der Waals surface area contributed by atoms with Gasteiger partial charge in [-0.1, -0.05) is 6.07 Å². The van der Waals surface area contributed by atoms with Crippen molar-refractivity contribution in [3.8, 4) is 5.88 Å². The highest BCUT2D eigenvalue weighted by Crippen LogP contribution is 2.05. The molecular weight excluding hydrogens is 202 g/mol. The van der Waals surface area contributed by atoms with E-state index < -0.39 is 12.0 Å². The number of methoxy groups -OCH3 is 1. The Bertz CT molecular complexity index is 380. The molecule has 7 nitrogen and oxygen atoms in total. The third kappa shape index (κ3) is 3.14. The molecule has 2 amide bonds. The van der Waals surface area contributed by atoms with Gasteiger partial charge in [0.1, 0.15) is 5.69 Å². The van der Waals surface area contributed by atoms with Crippen molar-refractivity contribution in [3.05, 3.63) is 23.9 Å². The van der Waals surface area contributed by atoms with Gasteiger partial charge in [-0.25, -0.2) is 15.2 Å². The lowest BCUT2D eigenvalue weighted by atomic mass is 10.3. The van der Waals surface area contributed by atoms with E-state index in [2.05, 4.69) is 4.98 Å². The summed E-state index contributed by atoms with van der Waals surface area (Å²) in [5, 5.41) is 8.24. The molecule has 1 rings (SSSR count). The predicted molar refractivity (Wildman–Crippen MR) is 49.4 cm³/mol. The van der Waals surface area contributed by atoms with Crippen molar-refractivity contribution < 1.29 is 19.4 Å². The number of nitrogens with one attached hydrogen (secondary N) is 2. The molecule has 0 saturated carbocycles. The van der Waals surface area contributed by atoms with Gasteiger partial charge in [0.15, 0.2) is 0 Å². The van der Waals surface area contributed by atoms with Gasteiger partial charge in [0.05, 0.1) is 7.11 Å². The van der Waals surface area contributed by atoms with Crippen LogP contribution in [0.5, 0.6) is 5.88 Å². The van der Waals surface area contributed by atoms with E-state index in [1.807, 2.05) is 5.43 Å². The molecule has 1 heterocycles. The molecule has 0 atom stereocenters. The zero-order valence-corrected chi connectivity index (χ0v) is 7.85. The van der Waals surface area contributed by atoms with Crippen molar-refractivity contribution in [2.24, 2.45) is 0 Å². The zero-order valence-electron chi connectivity index (χ0n) is 7.85. The van der Waals surface area contributed by atoms with Crippen LogP contribution in [0, 0.1) is 0 Å². The summed E-state index contributed by atoms with van der Waals surface area (Å²) in [6.45, 7) is 0. The Morgan fingerprint density at radius 1 is 1.40 bits per heavy atom. The van der Waals surface area contributed by atoms with Crippen molar-refractivity contribution in [2.45, 2.75) is 0 Å². The Balaban J connectivity index is 2.69. The predicted octanol–water partition coefficient (Wildman–Crippen LogP) is 0.00260. The highest BCUT2D eigenvalue weighted by atomic mass is 16.5. The van der Waals surface area contributed by atoms with Crippen LogP contribution in [0.4, 0.5) is 4.79 Å². The van der Waals surface area contributed by atoms with Crippen LogP contribution in [0.15, 0.2) is 18.2 Å². The molecule has 7 heteroatoms. The number of aromatic nitrogens is 1. The van der Waals surface area contributed by atoms with E-state index in [1.165, 1.54) is 13.2 Å². The fraction of sp³-hybridized carbons (Fsp3) is 0.125. The number of hydrogen-bond donors (Lipinski definition) is 3. The Labute approximate surface area is 85.0 Å². The summed E-state index contributed by atoms with van der Waals surface area (Å²) < 4.78 is 4.80. The lowest BCUT2D eigenvalue weighted by Crippen LogP contribution is -2.41. The summed E-state index contributed by atoms with van der Waals surface area (Å²) in [6.07, 6.45) is -1.36. The monoisotopic (exact) mass is 211 g/mol. The number of rotatable bonds is 2. The van der Waals surface area contributed by atoms with Crippen molar-refractivity contribution in [1.82, 2.24) is 15.8 Å². The smallest absolute Gasteiger partial charge is 0.423 e. The molecule has 1 aromatic rings. The van der Waals surface area contributed by atoms with Gasteiger partial charge in [-0.3, -0.25) is 10.2 Å². The van der Waals surface area contributed by atoms with Gasteiger partial charge in [0.25, 0.3) is 5.91 Å². The first-order valence-corrected chi connectivity index (χ1v) is 3.94. The molecule has 0 bridgehead atoms. The van der Waals surface area contributed by atoms with Gasteiger partial charge < -0.3 is 9.84 Å². The van der Waals surface area contributed by atoms with Crippen LogP contribution >= 0.6 is 0 Å². The van der Waals surface area contributed by atoms with Crippen LogP contribution in [0.1, 0.15) is 10.5 Å². The molecule has 0 unspecified atom stereocenters. The van der Waals surface area contributed by atoms with E-state index in [0.717, 1.165) is 0 Å². The van der Waals surface area contributed by atoms with Gasteiger partial charge in [0, 0.05) is 6.07 Å². The number of hydrogen-bond acceptors (Lipinski definition) is 4. The molecule has 0 aliphatic carbocycles. The fourth-order valence-corrected chi connectivity index (χ4v) is 0.829. The number of carbonyl (C=O) groups excluding carboxylic acids is 1. The standard InChI is InChI=1S/C8H9N3O4/c1-15-6-4-2-3-5(9-6)7(12)10-11-8(13)14/h2-4,11H,1H3,(H,10,12)(H,13,14). The van der Waals surface area contributed by atoms with Crippen LogP contribution in [0.25, 0.3) is 0 Å². The topological polar surface area (TPSA) is 101 Å². The summed E-state index contributed by atoms with van der Waals surface area (Å²) in [4.78, 5) is 25.2. The number of hydrazine groups is 1. The second kappa shape index (κ2) is 4.80. The minimum absolute atomic E-state index is 0.0584. The molecular formula is C8H9N3O4. The van der Waals surface area contributed by atoms with Crippen LogP contribution in [-0.4, -0.2) is 29.2 Å². The maximum Gasteiger partial charge on any atom is 0.423 e. The van der Waals surface area contributed by atoms with Gasteiger partial charge in [-0.05, 0) is 6.07 Å². The average molecular weight is 211 g/mol. The molecule has 0 aliphatic heterocycles. The number of nitrogens with zero attached hydrogens (tertiary/aromatic N) is 1. The first kappa shape index (κ1) is 10.8. The van der Waals surface area contributed by atoms with E-state index >= 15 is 0 Å². The highest BCUT2D eigenvalue weighted by molar-refractivity contribution is 5.93. The summed E-state index contributed by atoms with van der Waals surface area (Å²) >= 11 is 0. The van der Waals surface area contributed by atoms with Crippen LogP contribution in [0.2, 0.25) is 0 Å². The summed E-state index contributed by atoms with van der Waals surface area (Å²) in [5.41, 5.74) is 3.72. The third-order valence-electron chi connectivity index (χ3n) is 1.45. The molecule has 0 aromatic carbocycles. The second-order valence-electron chi connectivity index (χ2n) is 2.45. The SMILES string of the molecule is COc1cccc(C(=O)NNC(=O)O)n1. The fourth-order valence-electron chi connectivity index (χ4n) is 0.829. The molecule has 0 spiro atoms. The number of carbonyl (C=O) groups is 2. The number of carboxylic acid groups (broad SMARTS) is 1. The third-order valence-corrected chi connectivity index (χ3v) is 1.45. The number of amides is 2. The van der Waals surface area contributed by atoms with Crippen molar-refractivity contribution in [3.63, 3.8) is 0 Å². The van der Waals surface area contributed by atoms with Crippen molar-refractivity contribution >= 4 is 12.0 Å². The second-order valence-corrected chi connectivity index (χ2v) is 2.45. The Morgan fingerprint density at radius 3 is 2.73 bits per heavy atom. The van der Waals surface area contributed by atoms with Gasteiger partial charge in [-0.15, -0.1) is 0 Å².